The van der Waals surface area contributed by atoms with Crippen molar-refractivity contribution in [2.24, 2.45) is 0 Å². The maximum absolute atomic E-state index is 5.57. The van der Waals surface area contributed by atoms with E-state index in [1.165, 1.54) is 36.2 Å². The lowest BCUT2D eigenvalue weighted by Gasteiger charge is -2.33. The van der Waals surface area contributed by atoms with E-state index in [4.69, 9.17) is 19.2 Å². The summed E-state index contributed by atoms with van der Waals surface area (Å²) in [7, 11) is 5.14. The minimum Gasteiger partial charge on any atom is -0.493 e. The van der Waals surface area contributed by atoms with E-state index in [1.54, 1.807) is 21.3 Å². The number of fused-ring (bicyclic) bond motifs is 2. The van der Waals surface area contributed by atoms with Gasteiger partial charge >= 0.3 is 0 Å². The summed E-state index contributed by atoms with van der Waals surface area (Å²) in [4.78, 5) is 7.51. The van der Waals surface area contributed by atoms with Gasteiger partial charge in [-0.05, 0) is 50.2 Å². The molecule has 0 amide bonds. The summed E-state index contributed by atoms with van der Waals surface area (Å²) in [5.74, 6) is 1.50. The minimum atomic E-state index is 0.497. The predicted molar refractivity (Wildman–Crippen MR) is 116 cm³/mol. The van der Waals surface area contributed by atoms with E-state index >= 15 is 0 Å². The Morgan fingerprint density at radius 1 is 1.07 bits per heavy atom. The zero-order valence-corrected chi connectivity index (χ0v) is 17.9. The lowest BCUT2D eigenvalue weighted by Crippen LogP contribution is -2.39. The first-order chi connectivity index (χ1) is 14.2. The Labute approximate surface area is 173 Å². The maximum atomic E-state index is 5.57. The molecule has 1 N–H and O–H groups in total. The van der Waals surface area contributed by atoms with E-state index in [1.807, 2.05) is 6.07 Å². The standard InChI is InChI=1S/C23H33N3O3/c1-27-13-5-10-26-11-8-16(9-12-26)24-23-17-6-4-7-19(17)25-20-15-22(29-3)21(28-2)14-18(20)23/h14-16H,4-13H2,1-3H3,(H,24,25). The van der Waals surface area contributed by atoms with Gasteiger partial charge in [0.1, 0.15) is 0 Å². The molecule has 0 saturated carbocycles. The van der Waals surface area contributed by atoms with Gasteiger partial charge in [-0.25, -0.2) is 0 Å². The molecule has 158 valence electrons. The van der Waals surface area contributed by atoms with Crippen LogP contribution in [0.2, 0.25) is 0 Å². The van der Waals surface area contributed by atoms with Crippen LogP contribution in [-0.2, 0) is 17.6 Å². The first-order valence-corrected chi connectivity index (χ1v) is 10.8. The number of piperidine rings is 1. The van der Waals surface area contributed by atoms with Crippen molar-refractivity contribution in [1.82, 2.24) is 9.88 Å². The number of benzene rings is 1. The smallest absolute Gasteiger partial charge is 0.162 e. The molecule has 2 aliphatic rings. The second kappa shape index (κ2) is 9.18. The SMILES string of the molecule is COCCCN1CCC(Nc2c3c(nc4cc(OC)c(OC)cc24)CCC3)CC1. The molecule has 1 aromatic carbocycles. The van der Waals surface area contributed by atoms with Crippen LogP contribution in [0.3, 0.4) is 0 Å². The molecule has 1 fully saturated rings. The molecule has 0 spiro atoms. The number of methoxy groups -OCH3 is 3. The van der Waals surface area contributed by atoms with Crippen LogP contribution >= 0.6 is 0 Å². The number of hydrogen-bond acceptors (Lipinski definition) is 6. The molecular formula is C23H33N3O3. The van der Waals surface area contributed by atoms with Crippen LogP contribution in [-0.4, -0.2) is 63.5 Å². The summed E-state index contributed by atoms with van der Waals surface area (Å²) in [6.45, 7) is 4.26. The zero-order chi connectivity index (χ0) is 20.2. The van der Waals surface area contributed by atoms with Crippen molar-refractivity contribution in [3.63, 3.8) is 0 Å². The highest BCUT2D eigenvalue weighted by Crippen LogP contribution is 2.40. The van der Waals surface area contributed by atoms with Gasteiger partial charge in [0, 0.05) is 62.2 Å². The molecule has 0 atom stereocenters. The topological polar surface area (TPSA) is 55.9 Å². The van der Waals surface area contributed by atoms with Crippen molar-refractivity contribution >= 4 is 16.6 Å². The average molecular weight is 400 g/mol. The molecule has 1 saturated heterocycles. The second-order valence-electron chi connectivity index (χ2n) is 8.10. The number of anilines is 1. The number of ether oxygens (including phenoxy) is 3. The number of rotatable bonds is 8. The third kappa shape index (κ3) is 4.28. The number of pyridine rings is 1. The van der Waals surface area contributed by atoms with Crippen LogP contribution < -0.4 is 14.8 Å². The highest BCUT2D eigenvalue weighted by atomic mass is 16.5. The Bertz CT molecular complexity index is 847. The van der Waals surface area contributed by atoms with E-state index in [-0.39, 0.29) is 0 Å². The van der Waals surface area contributed by atoms with E-state index in [9.17, 15) is 0 Å². The fourth-order valence-corrected chi connectivity index (χ4v) is 4.69. The Morgan fingerprint density at radius 3 is 2.55 bits per heavy atom. The minimum absolute atomic E-state index is 0.497. The van der Waals surface area contributed by atoms with E-state index in [0.717, 1.165) is 67.9 Å². The number of aromatic nitrogens is 1. The molecule has 1 aliphatic carbocycles. The van der Waals surface area contributed by atoms with Crippen LogP contribution in [0.5, 0.6) is 11.5 Å². The van der Waals surface area contributed by atoms with Gasteiger partial charge < -0.3 is 24.4 Å². The summed E-state index contributed by atoms with van der Waals surface area (Å²) in [5, 5.41) is 5.06. The van der Waals surface area contributed by atoms with Gasteiger partial charge in [-0.2, -0.15) is 0 Å². The monoisotopic (exact) mass is 399 g/mol. The number of likely N-dealkylation sites (tertiary alicyclic amines) is 1. The Morgan fingerprint density at radius 2 is 1.83 bits per heavy atom. The molecule has 4 rings (SSSR count). The van der Waals surface area contributed by atoms with Gasteiger partial charge in [-0.1, -0.05) is 0 Å². The first-order valence-electron chi connectivity index (χ1n) is 10.8. The lowest BCUT2D eigenvalue weighted by molar-refractivity contribution is 0.159. The van der Waals surface area contributed by atoms with E-state index in [2.05, 4.69) is 16.3 Å². The van der Waals surface area contributed by atoms with Gasteiger partial charge in [0.2, 0.25) is 0 Å². The molecule has 29 heavy (non-hydrogen) atoms. The fraction of sp³-hybridized carbons (Fsp3) is 0.609. The molecule has 1 aliphatic heterocycles. The van der Waals surface area contributed by atoms with Gasteiger partial charge in [0.25, 0.3) is 0 Å². The van der Waals surface area contributed by atoms with Gasteiger partial charge in [0.05, 0.1) is 19.7 Å². The van der Waals surface area contributed by atoms with Crippen LogP contribution in [0, 0.1) is 0 Å². The van der Waals surface area contributed by atoms with Gasteiger partial charge in [-0.15, -0.1) is 0 Å². The molecule has 6 nitrogen and oxygen atoms in total. The quantitative estimate of drug-likeness (QED) is 0.684. The third-order valence-electron chi connectivity index (χ3n) is 6.28. The molecule has 2 aromatic rings. The Balaban J connectivity index is 1.57. The maximum Gasteiger partial charge on any atom is 0.162 e. The van der Waals surface area contributed by atoms with Crippen molar-refractivity contribution in [3.8, 4) is 11.5 Å². The Kier molecular flexibility index (Phi) is 6.40. The van der Waals surface area contributed by atoms with Crippen molar-refractivity contribution in [3.05, 3.63) is 23.4 Å². The molecule has 2 heterocycles. The normalized spacial score (nSPS) is 17.5. The second-order valence-corrected chi connectivity index (χ2v) is 8.10. The fourth-order valence-electron chi connectivity index (χ4n) is 4.69. The van der Waals surface area contributed by atoms with Gasteiger partial charge in [0.15, 0.2) is 11.5 Å². The zero-order valence-electron chi connectivity index (χ0n) is 17.9. The summed E-state index contributed by atoms with van der Waals surface area (Å²) in [6, 6.07) is 4.59. The van der Waals surface area contributed by atoms with Crippen molar-refractivity contribution < 1.29 is 14.2 Å². The molecule has 0 radical (unpaired) electrons. The summed E-state index contributed by atoms with van der Waals surface area (Å²) >= 11 is 0. The number of hydrogen-bond donors (Lipinski definition) is 1. The number of aryl methyl sites for hydroxylation is 1. The molecule has 0 unspecified atom stereocenters. The van der Waals surface area contributed by atoms with Crippen molar-refractivity contribution in [1.29, 1.82) is 0 Å². The third-order valence-corrected chi connectivity index (χ3v) is 6.28. The first kappa shape index (κ1) is 20.2. The molecule has 0 bridgehead atoms. The summed E-state index contributed by atoms with van der Waals surface area (Å²) < 4.78 is 16.3. The largest absolute Gasteiger partial charge is 0.493 e. The van der Waals surface area contributed by atoms with E-state index < -0.39 is 0 Å². The van der Waals surface area contributed by atoms with E-state index in [0.29, 0.717) is 6.04 Å². The summed E-state index contributed by atoms with van der Waals surface area (Å²) in [6.07, 6.45) is 6.78. The average Bonchev–Trinajstić information content (AvgIpc) is 3.22. The summed E-state index contributed by atoms with van der Waals surface area (Å²) in [5.41, 5.74) is 4.89. The predicted octanol–water partition coefficient (Wildman–Crippen LogP) is 3.65. The van der Waals surface area contributed by atoms with Crippen LogP contribution in [0.1, 0.15) is 36.9 Å². The van der Waals surface area contributed by atoms with Crippen LogP contribution in [0.4, 0.5) is 5.69 Å². The number of nitrogens with zero attached hydrogens (tertiary/aromatic N) is 2. The highest BCUT2D eigenvalue weighted by molar-refractivity contribution is 5.96. The lowest BCUT2D eigenvalue weighted by atomic mass is 10.0. The van der Waals surface area contributed by atoms with Crippen molar-refractivity contribution in [2.75, 3.05) is 52.9 Å². The van der Waals surface area contributed by atoms with Crippen LogP contribution in [0.25, 0.3) is 10.9 Å². The molecule has 1 aromatic heterocycles. The van der Waals surface area contributed by atoms with Crippen molar-refractivity contribution in [2.45, 2.75) is 44.6 Å². The van der Waals surface area contributed by atoms with Gasteiger partial charge in [-0.3, -0.25) is 4.98 Å². The number of nitrogens with one attached hydrogen (secondary N) is 1. The molecular weight excluding hydrogens is 366 g/mol. The highest BCUT2D eigenvalue weighted by Gasteiger charge is 2.25. The Hall–Kier alpha value is -2.05. The molecule has 6 heteroatoms. The van der Waals surface area contributed by atoms with Crippen LogP contribution in [0.15, 0.2) is 12.1 Å².